The number of benzene rings is 1. The number of fused-ring (bicyclic) bond motifs is 1. The average molecular weight is 304 g/mol. The van der Waals surface area contributed by atoms with Gasteiger partial charge in [0, 0.05) is 6.42 Å². The van der Waals surface area contributed by atoms with E-state index in [1.807, 2.05) is 13.8 Å². The van der Waals surface area contributed by atoms with E-state index in [9.17, 15) is 9.59 Å². The summed E-state index contributed by atoms with van der Waals surface area (Å²) in [5.41, 5.74) is 1.28. The predicted octanol–water partition coefficient (Wildman–Crippen LogP) is 3.28. The molecule has 118 valence electrons. The van der Waals surface area contributed by atoms with E-state index in [0.29, 0.717) is 48.9 Å². The molecule has 0 saturated heterocycles. The van der Waals surface area contributed by atoms with Crippen molar-refractivity contribution in [2.45, 2.75) is 33.6 Å². The maximum atomic E-state index is 12.3. The molecule has 1 heterocycles. The molecule has 1 aromatic carbocycles. The Morgan fingerprint density at radius 2 is 2.05 bits per heavy atom. The Bertz CT molecular complexity index is 611. The Kier molecular flexibility index (Phi) is 5.20. The van der Waals surface area contributed by atoms with Crippen LogP contribution in [0.25, 0.3) is 0 Å². The van der Waals surface area contributed by atoms with Crippen molar-refractivity contribution in [3.63, 3.8) is 0 Å². The van der Waals surface area contributed by atoms with E-state index in [2.05, 4.69) is 0 Å². The normalized spacial score (nSPS) is 12.7. The van der Waals surface area contributed by atoms with Gasteiger partial charge in [-0.05, 0) is 44.9 Å². The summed E-state index contributed by atoms with van der Waals surface area (Å²) in [6.07, 6.45) is 0.833. The molecule has 5 heteroatoms. The molecule has 0 fully saturated rings. The number of hydrogen-bond acceptors (Lipinski definition) is 5. The van der Waals surface area contributed by atoms with Crippen molar-refractivity contribution >= 4 is 11.8 Å². The van der Waals surface area contributed by atoms with E-state index in [1.165, 1.54) is 0 Å². The summed E-state index contributed by atoms with van der Waals surface area (Å²) in [6.45, 7) is 6.15. The highest BCUT2D eigenvalue weighted by Gasteiger charge is 2.31. The molecular weight excluding hydrogens is 284 g/mol. The largest absolute Gasteiger partial charge is 0.493 e. The summed E-state index contributed by atoms with van der Waals surface area (Å²) in [6, 6.07) is 5.26. The van der Waals surface area contributed by atoms with Gasteiger partial charge in [0.15, 0.2) is 5.76 Å². The Hall–Kier alpha value is -2.30. The number of hydrogen-bond donors (Lipinski definition) is 0. The smallest absolute Gasteiger partial charge is 0.305 e. The van der Waals surface area contributed by atoms with E-state index in [1.54, 1.807) is 25.1 Å². The monoisotopic (exact) mass is 304 g/mol. The van der Waals surface area contributed by atoms with Crippen LogP contribution in [-0.2, 0) is 9.53 Å². The summed E-state index contributed by atoms with van der Waals surface area (Å²) in [5.74, 6) is 0.968. The minimum Gasteiger partial charge on any atom is -0.493 e. The summed E-state index contributed by atoms with van der Waals surface area (Å²) in [5, 5.41) is 0. The van der Waals surface area contributed by atoms with Crippen molar-refractivity contribution < 1.29 is 23.8 Å². The van der Waals surface area contributed by atoms with Crippen LogP contribution in [0.4, 0.5) is 0 Å². The fourth-order valence-corrected chi connectivity index (χ4v) is 2.17. The van der Waals surface area contributed by atoms with Crippen molar-refractivity contribution in [2.75, 3.05) is 13.2 Å². The molecule has 22 heavy (non-hydrogen) atoms. The maximum absolute atomic E-state index is 12.3. The predicted molar refractivity (Wildman–Crippen MR) is 81.1 cm³/mol. The number of allylic oxidation sites excluding steroid dienone is 2. The lowest BCUT2D eigenvalue weighted by atomic mass is 10.1. The minimum atomic E-state index is -0.240. The van der Waals surface area contributed by atoms with Crippen LogP contribution in [-0.4, -0.2) is 25.0 Å². The van der Waals surface area contributed by atoms with Gasteiger partial charge in [0.1, 0.15) is 17.1 Å². The number of esters is 1. The van der Waals surface area contributed by atoms with Crippen LogP contribution in [0.5, 0.6) is 11.5 Å². The maximum Gasteiger partial charge on any atom is 0.305 e. The van der Waals surface area contributed by atoms with Gasteiger partial charge in [-0.2, -0.15) is 0 Å². The zero-order valence-electron chi connectivity index (χ0n) is 13.1. The summed E-state index contributed by atoms with van der Waals surface area (Å²) in [4.78, 5) is 23.6. The van der Waals surface area contributed by atoms with Gasteiger partial charge in [-0.1, -0.05) is 6.07 Å². The molecule has 0 unspecified atom stereocenters. The van der Waals surface area contributed by atoms with E-state index in [-0.39, 0.29) is 11.8 Å². The summed E-state index contributed by atoms with van der Waals surface area (Å²) in [7, 11) is 0. The van der Waals surface area contributed by atoms with Gasteiger partial charge in [-0.15, -0.1) is 0 Å². The van der Waals surface area contributed by atoms with E-state index in [0.717, 1.165) is 5.57 Å². The van der Waals surface area contributed by atoms with Crippen LogP contribution < -0.4 is 9.47 Å². The average Bonchev–Trinajstić information content (AvgIpc) is 2.82. The first-order valence-electron chi connectivity index (χ1n) is 7.36. The zero-order valence-corrected chi connectivity index (χ0v) is 13.1. The molecule has 0 bridgehead atoms. The lowest BCUT2D eigenvalue weighted by molar-refractivity contribution is -0.143. The van der Waals surface area contributed by atoms with Gasteiger partial charge in [-0.3, -0.25) is 9.59 Å². The third-order valence-electron chi connectivity index (χ3n) is 3.18. The van der Waals surface area contributed by atoms with Gasteiger partial charge < -0.3 is 14.2 Å². The van der Waals surface area contributed by atoms with Crippen LogP contribution >= 0.6 is 0 Å². The molecule has 0 radical (unpaired) electrons. The number of Topliss-reactive ketones (excluding diaryl/α,β-unsaturated/α-hetero) is 1. The van der Waals surface area contributed by atoms with E-state index in [4.69, 9.17) is 14.2 Å². The second kappa shape index (κ2) is 7.11. The first-order valence-corrected chi connectivity index (χ1v) is 7.36. The van der Waals surface area contributed by atoms with Gasteiger partial charge in [0.05, 0.1) is 13.2 Å². The lowest BCUT2D eigenvalue weighted by Crippen LogP contribution is -2.08. The molecule has 0 amide bonds. The molecule has 0 aromatic heterocycles. The highest BCUT2D eigenvalue weighted by atomic mass is 16.5. The molecule has 2 rings (SSSR count). The Morgan fingerprint density at radius 3 is 2.73 bits per heavy atom. The van der Waals surface area contributed by atoms with Crippen LogP contribution in [0.15, 0.2) is 29.5 Å². The molecular formula is C17H20O5. The fourth-order valence-electron chi connectivity index (χ4n) is 2.17. The first-order chi connectivity index (χ1) is 10.5. The van der Waals surface area contributed by atoms with Gasteiger partial charge in [0.25, 0.3) is 0 Å². The van der Waals surface area contributed by atoms with Crippen LogP contribution in [0, 0.1) is 0 Å². The standard InChI is InChI=1S/C17H20O5/c1-4-20-14(18)9-6-10-21-12-7-5-8-13-15(12)16(19)17(22-13)11(2)3/h5,7-8H,4,6,9-10H2,1-3H3. The second-order valence-electron chi connectivity index (χ2n) is 5.15. The first kappa shape index (κ1) is 16.1. The Labute approximate surface area is 129 Å². The molecule has 0 spiro atoms. The Morgan fingerprint density at radius 1 is 1.27 bits per heavy atom. The molecule has 0 saturated carbocycles. The number of carbonyl (C=O) groups is 2. The van der Waals surface area contributed by atoms with Crippen LogP contribution in [0.1, 0.15) is 44.0 Å². The van der Waals surface area contributed by atoms with Crippen LogP contribution in [0.3, 0.4) is 0 Å². The van der Waals surface area contributed by atoms with Crippen molar-refractivity contribution in [1.82, 2.24) is 0 Å². The van der Waals surface area contributed by atoms with Gasteiger partial charge in [0.2, 0.25) is 5.78 Å². The van der Waals surface area contributed by atoms with Crippen LogP contribution in [0.2, 0.25) is 0 Å². The highest BCUT2D eigenvalue weighted by molar-refractivity contribution is 6.14. The number of ether oxygens (including phenoxy) is 3. The van der Waals surface area contributed by atoms with Crippen molar-refractivity contribution in [3.05, 3.63) is 35.1 Å². The molecule has 5 nitrogen and oxygen atoms in total. The van der Waals surface area contributed by atoms with E-state index >= 15 is 0 Å². The molecule has 0 N–H and O–H groups in total. The van der Waals surface area contributed by atoms with Crippen molar-refractivity contribution in [3.8, 4) is 11.5 Å². The molecule has 1 aliphatic rings. The zero-order chi connectivity index (χ0) is 16.1. The molecule has 0 aliphatic carbocycles. The lowest BCUT2D eigenvalue weighted by Gasteiger charge is -2.08. The fraction of sp³-hybridized carbons (Fsp3) is 0.412. The van der Waals surface area contributed by atoms with Gasteiger partial charge in [-0.25, -0.2) is 0 Å². The minimum absolute atomic E-state index is 0.156. The summed E-state index contributed by atoms with van der Waals surface area (Å²) < 4.78 is 16.1. The number of carbonyl (C=O) groups excluding carboxylic acids is 2. The topological polar surface area (TPSA) is 61.8 Å². The third-order valence-corrected chi connectivity index (χ3v) is 3.18. The quantitative estimate of drug-likeness (QED) is 0.458. The van der Waals surface area contributed by atoms with E-state index < -0.39 is 0 Å². The number of rotatable bonds is 6. The molecule has 1 aliphatic heterocycles. The molecule has 1 aromatic rings. The van der Waals surface area contributed by atoms with Crippen molar-refractivity contribution in [1.29, 1.82) is 0 Å². The second-order valence-corrected chi connectivity index (χ2v) is 5.15. The SMILES string of the molecule is CCOC(=O)CCCOc1cccc2c1C(=O)C(=C(C)C)O2. The molecule has 0 atom stereocenters. The van der Waals surface area contributed by atoms with Crippen molar-refractivity contribution in [2.24, 2.45) is 0 Å². The number of ketones is 1. The van der Waals surface area contributed by atoms with Gasteiger partial charge >= 0.3 is 5.97 Å². The summed E-state index contributed by atoms with van der Waals surface area (Å²) >= 11 is 0. The highest BCUT2D eigenvalue weighted by Crippen LogP contribution is 2.38. The third kappa shape index (κ3) is 3.47. The Balaban J connectivity index is 2.01.